The van der Waals surface area contributed by atoms with Crippen molar-refractivity contribution in [1.29, 1.82) is 0 Å². The fourth-order valence-electron chi connectivity index (χ4n) is 10.7. The molecule has 15 rings (SSSR count). The quantitative estimate of drug-likeness (QED) is 0.116. The van der Waals surface area contributed by atoms with Crippen LogP contribution in [0, 0.1) is 0 Å². The maximum atomic E-state index is 4.95. The molecule has 0 aliphatic rings. The van der Waals surface area contributed by atoms with Crippen LogP contribution in [0.1, 0.15) is 0 Å². The number of hydrogen-bond acceptors (Lipinski definition) is 6. The fraction of sp³-hybridized carbons (Fsp3) is 0. The van der Waals surface area contributed by atoms with E-state index in [1.165, 1.54) is 66.8 Å². The zero-order valence-corrected chi connectivity index (χ0v) is 50.4. The van der Waals surface area contributed by atoms with Crippen molar-refractivity contribution in [2.75, 3.05) is 0 Å². The van der Waals surface area contributed by atoms with Gasteiger partial charge in [0.1, 0.15) is 0 Å². The Morgan fingerprint density at radius 1 is 0.184 bits per heavy atom. The van der Waals surface area contributed by atoms with Crippen molar-refractivity contribution < 1.29 is 40.4 Å². The van der Waals surface area contributed by atoms with Gasteiger partial charge in [0.2, 0.25) is 0 Å². The Balaban J connectivity index is 0.000000176. The van der Waals surface area contributed by atoms with Gasteiger partial charge in [-0.3, -0.25) is 29.9 Å². The van der Waals surface area contributed by atoms with Crippen LogP contribution in [0.5, 0.6) is 0 Å². The first kappa shape index (κ1) is 65.3. The molecule has 0 aliphatic carbocycles. The third kappa shape index (κ3) is 14.2. The summed E-state index contributed by atoms with van der Waals surface area (Å²) in [4.78, 5) is 28.0. The van der Waals surface area contributed by atoms with Crippen LogP contribution in [0.4, 0.5) is 0 Å². The molecule has 0 aliphatic heterocycles. The van der Waals surface area contributed by atoms with Gasteiger partial charge in [-0.2, -0.15) is 0 Å². The van der Waals surface area contributed by atoms with Gasteiger partial charge in [0.15, 0.2) is 0 Å². The van der Waals surface area contributed by atoms with E-state index in [2.05, 4.69) is 248 Å². The van der Waals surface area contributed by atoms with Crippen molar-refractivity contribution in [2.24, 2.45) is 0 Å². The van der Waals surface area contributed by atoms with Crippen molar-refractivity contribution in [3.8, 4) is 66.8 Å². The van der Waals surface area contributed by atoms with Crippen LogP contribution in [0.15, 0.2) is 292 Å². The molecule has 15 aromatic rings. The minimum atomic E-state index is -1.75. The molecule has 435 valence electrons. The van der Waals surface area contributed by atoms with E-state index in [-0.39, 0.29) is 27.4 Å². The second-order valence-electron chi connectivity index (χ2n) is 19.1. The van der Waals surface area contributed by atoms with Crippen LogP contribution < -0.4 is 0 Å². The first-order valence-corrected chi connectivity index (χ1v) is 33.2. The molecule has 0 radical (unpaired) electrons. The van der Waals surface area contributed by atoms with Crippen molar-refractivity contribution >= 4 is 94.5 Å². The average molecular weight is 1290 g/mol. The molecule has 0 saturated carbocycles. The zero-order chi connectivity index (χ0) is 55.6. The Labute approximate surface area is 519 Å². The Kier molecular flexibility index (Phi) is 23.0. The molecule has 9 aromatic carbocycles. The van der Waals surface area contributed by atoms with E-state index in [4.69, 9.17) is 29.1 Å². The number of nitrogens with zero attached hydrogens (tertiary/aromatic N) is 6. The van der Waals surface area contributed by atoms with E-state index in [0.717, 1.165) is 65.4 Å². The number of fused-ring (bicyclic) bond motifs is 9. The van der Waals surface area contributed by atoms with Gasteiger partial charge in [-0.15, -0.1) is 0 Å². The third-order valence-corrected chi connectivity index (χ3v) is 14.4. The number of halogens is 3. The summed E-state index contributed by atoms with van der Waals surface area (Å²) in [5, 5.41) is 6.77. The van der Waals surface area contributed by atoms with Gasteiger partial charge in [0, 0.05) is 69.5 Å². The number of benzene rings is 9. The first-order valence-electron chi connectivity index (χ1n) is 26.5. The molecule has 0 fully saturated rings. The van der Waals surface area contributed by atoms with E-state index < -0.39 is 13.0 Å². The molecule has 10 N–H and O–H groups in total. The summed E-state index contributed by atoms with van der Waals surface area (Å²) >= 11 is -1.75. The van der Waals surface area contributed by atoms with Crippen molar-refractivity contribution in [3.63, 3.8) is 0 Å². The van der Waals surface area contributed by atoms with E-state index in [1.807, 2.05) is 73.6 Å². The number of rotatable bonds is 6. The van der Waals surface area contributed by atoms with Crippen molar-refractivity contribution in [1.82, 2.24) is 29.9 Å². The SMILES string of the molecule is O.O.O.O.O.[Cl][Ru]([Cl])[Cl].c1ccc(-c2ccnc3c2ccc2c(-c4ccccc4)ccnc23)cc1.c1ccc(-c2ccnc3c2ccc2c(-c4ccccc4)ccnc23)cc1.c1ccc(-c2ccnc3c2ccc2c(-c4ccccc4)ccnc23)cc1. The van der Waals surface area contributed by atoms with Crippen LogP contribution in [0.3, 0.4) is 0 Å². The summed E-state index contributed by atoms with van der Waals surface area (Å²) in [7, 11) is 14.8. The Morgan fingerprint density at radius 3 is 0.437 bits per heavy atom. The minimum Gasteiger partial charge on any atom is -0.254 e. The van der Waals surface area contributed by atoms with Crippen LogP contribution in [-0.4, -0.2) is 57.3 Å². The topological polar surface area (TPSA) is 235 Å². The van der Waals surface area contributed by atoms with Crippen LogP contribution >= 0.6 is 29.1 Å². The second kappa shape index (κ2) is 30.7. The van der Waals surface area contributed by atoms with Gasteiger partial charge < -0.3 is 27.4 Å². The average Bonchev–Trinajstić information content (AvgIpc) is 2.14. The Hall–Kier alpha value is -9.27. The molecule has 6 heterocycles. The van der Waals surface area contributed by atoms with Crippen LogP contribution in [0.25, 0.3) is 132 Å². The normalized spacial score (nSPS) is 10.4. The largest absolute Gasteiger partial charge is 0.254 e. The summed E-state index contributed by atoms with van der Waals surface area (Å²) in [5.74, 6) is 0. The molecule has 0 unspecified atom stereocenters. The third-order valence-electron chi connectivity index (χ3n) is 14.4. The molecule has 15 heteroatoms. The number of hydrogen-bond donors (Lipinski definition) is 0. The minimum absolute atomic E-state index is 0. The molecule has 0 amide bonds. The predicted octanol–water partition coefficient (Wildman–Crippen LogP) is 16.3. The summed E-state index contributed by atoms with van der Waals surface area (Å²) in [5.41, 5.74) is 19.9. The second-order valence-corrected chi connectivity index (χ2v) is 27.0. The summed E-state index contributed by atoms with van der Waals surface area (Å²) in [6.07, 6.45) is 11.3. The van der Waals surface area contributed by atoms with Crippen molar-refractivity contribution in [3.05, 3.63) is 292 Å². The molecular formula is C72H58Cl3N6O5Ru. The van der Waals surface area contributed by atoms with E-state index in [9.17, 15) is 0 Å². The molecule has 0 atom stereocenters. The first-order chi connectivity index (χ1) is 40.5. The molecule has 0 saturated heterocycles. The van der Waals surface area contributed by atoms with Crippen LogP contribution in [0.2, 0.25) is 0 Å². The van der Waals surface area contributed by atoms with E-state index in [1.54, 1.807) is 0 Å². The molecule has 87 heavy (non-hydrogen) atoms. The van der Waals surface area contributed by atoms with Gasteiger partial charge in [0.05, 0.1) is 33.1 Å². The maximum Gasteiger partial charge on any atom is 0.0970 e. The summed E-state index contributed by atoms with van der Waals surface area (Å²) in [6, 6.07) is 88.0. The van der Waals surface area contributed by atoms with Gasteiger partial charge in [-0.05, 0) is 103 Å². The van der Waals surface area contributed by atoms with Gasteiger partial charge in [-0.1, -0.05) is 218 Å². The Bertz CT molecular complexity index is 3920. The Morgan fingerprint density at radius 2 is 0.310 bits per heavy atom. The molecular weight excluding hydrogens is 1240 g/mol. The predicted molar refractivity (Wildman–Crippen MR) is 359 cm³/mol. The fourth-order valence-corrected chi connectivity index (χ4v) is 10.7. The summed E-state index contributed by atoms with van der Waals surface area (Å²) in [6.45, 7) is 0. The van der Waals surface area contributed by atoms with Crippen molar-refractivity contribution in [2.45, 2.75) is 0 Å². The van der Waals surface area contributed by atoms with E-state index in [0.29, 0.717) is 0 Å². The number of aromatic nitrogens is 6. The van der Waals surface area contributed by atoms with Gasteiger partial charge in [-0.25, -0.2) is 0 Å². The molecule has 0 bridgehead atoms. The molecule has 11 nitrogen and oxygen atoms in total. The molecule has 6 aromatic heterocycles. The molecule has 0 spiro atoms. The standard InChI is InChI=1S/3C24H16N2.3ClH.5H2O.Ru/c3*1-3-7-17(8-4-1)19-13-15-25-23-21(19)11-12-22-20(14-16-26-24(22)23)18-9-5-2-6-10-18;;;;;;;;;/h3*1-16H;3*1H;5*1H2;/q;;;;;;;;;;;+3/p-3. The van der Waals surface area contributed by atoms with Gasteiger partial charge >= 0.3 is 42.1 Å². The monoisotopic (exact) mass is 1290 g/mol. The summed E-state index contributed by atoms with van der Waals surface area (Å²) < 4.78 is 0. The van der Waals surface area contributed by atoms with E-state index >= 15 is 0 Å². The van der Waals surface area contributed by atoms with Crippen LogP contribution in [-0.2, 0) is 13.0 Å². The number of pyridine rings is 6. The zero-order valence-electron chi connectivity index (χ0n) is 46.4. The van der Waals surface area contributed by atoms with Gasteiger partial charge in [0.25, 0.3) is 0 Å². The maximum absolute atomic E-state index is 4.95. The smallest absolute Gasteiger partial charge is 0.0970 e.